The second kappa shape index (κ2) is 8.20. The zero-order chi connectivity index (χ0) is 24.8. The van der Waals surface area contributed by atoms with Gasteiger partial charge in [-0.2, -0.15) is 21.6 Å². The number of alkyl halides is 3. The molecule has 0 aliphatic rings. The van der Waals surface area contributed by atoms with Crippen LogP contribution in [0.15, 0.2) is 52.3 Å². The van der Waals surface area contributed by atoms with Crippen LogP contribution in [-0.4, -0.2) is 41.6 Å². The quantitative estimate of drug-likeness (QED) is 0.448. The van der Waals surface area contributed by atoms with Crippen LogP contribution in [-0.2, 0) is 26.6 Å². The first-order valence-electron chi connectivity index (χ1n) is 8.80. The van der Waals surface area contributed by atoms with E-state index in [1.807, 2.05) is 4.72 Å². The Bertz CT molecular complexity index is 1480. The highest BCUT2D eigenvalue weighted by Crippen LogP contribution is 2.31. The number of anilines is 1. The number of benzene rings is 1. The van der Waals surface area contributed by atoms with Crippen molar-refractivity contribution in [1.82, 2.24) is 14.1 Å². The molecule has 0 amide bonds. The van der Waals surface area contributed by atoms with E-state index in [1.54, 1.807) is 0 Å². The lowest BCUT2D eigenvalue weighted by molar-refractivity contribution is -0.0436. The number of hydrogen-bond acceptors (Lipinski definition) is 7. The van der Waals surface area contributed by atoms with Crippen LogP contribution in [0.1, 0.15) is 11.3 Å². The van der Waals surface area contributed by atoms with Crippen molar-refractivity contribution >= 4 is 25.9 Å². The molecule has 0 spiro atoms. The lowest BCUT2D eigenvalue weighted by atomic mass is 10.2. The van der Waals surface area contributed by atoms with E-state index in [1.165, 1.54) is 25.3 Å². The molecular formula is C17H16F3N5O6S2. The van der Waals surface area contributed by atoms with Gasteiger partial charge in [-0.3, -0.25) is 9.29 Å². The Kier molecular flexibility index (Phi) is 6.03. The molecule has 0 saturated heterocycles. The van der Waals surface area contributed by atoms with E-state index in [4.69, 9.17) is 5.14 Å². The minimum atomic E-state index is -5.58. The summed E-state index contributed by atoms with van der Waals surface area (Å²) in [4.78, 5) is 15.7. The normalized spacial score (nSPS) is 12.6. The van der Waals surface area contributed by atoms with Gasteiger partial charge in [-0.1, -0.05) is 0 Å². The molecule has 11 nitrogen and oxygen atoms in total. The van der Waals surface area contributed by atoms with Crippen LogP contribution in [0.25, 0.3) is 5.69 Å². The summed E-state index contributed by atoms with van der Waals surface area (Å²) in [6.45, 7) is 1.27. The molecule has 178 valence electrons. The average Bonchev–Trinajstić information content (AvgIpc) is 2.89. The van der Waals surface area contributed by atoms with Crippen LogP contribution in [0.4, 0.5) is 19.0 Å². The maximum absolute atomic E-state index is 12.9. The van der Waals surface area contributed by atoms with Gasteiger partial charge in [0.05, 0.1) is 22.8 Å². The van der Waals surface area contributed by atoms with Crippen LogP contribution in [0, 0.1) is 6.92 Å². The van der Waals surface area contributed by atoms with Gasteiger partial charge in [0.15, 0.2) is 0 Å². The van der Waals surface area contributed by atoms with E-state index in [9.17, 15) is 39.9 Å². The van der Waals surface area contributed by atoms with Crippen LogP contribution >= 0.6 is 0 Å². The van der Waals surface area contributed by atoms with E-state index in [0.717, 1.165) is 21.3 Å². The zero-order valence-corrected chi connectivity index (χ0v) is 18.2. The molecule has 0 bridgehead atoms. The summed E-state index contributed by atoms with van der Waals surface area (Å²) in [6.07, 6.45) is 1.26. The molecule has 3 aromatic rings. The van der Waals surface area contributed by atoms with Crippen molar-refractivity contribution in [2.75, 3.05) is 4.72 Å². The van der Waals surface area contributed by atoms with Crippen LogP contribution in [0.3, 0.4) is 0 Å². The molecule has 0 radical (unpaired) electrons. The van der Waals surface area contributed by atoms with Gasteiger partial charge in [0.2, 0.25) is 5.88 Å². The van der Waals surface area contributed by atoms with Crippen molar-refractivity contribution in [3.05, 3.63) is 64.3 Å². The third-order valence-corrected chi connectivity index (χ3v) is 6.48. The van der Waals surface area contributed by atoms with Gasteiger partial charge in [0.1, 0.15) is 5.82 Å². The fourth-order valence-corrected chi connectivity index (χ4v) is 4.09. The first kappa shape index (κ1) is 24.3. The highest BCUT2D eigenvalue weighted by molar-refractivity contribution is 7.92. The second-order valence-corrected chi connectivity index (χ2v) is 9.99. The summed E-state index contributed by atoms with van der Waals surface area (Å²) in [6, 6.07) is 6.02. The molecule has 0 fully saturated rings. The first-order valence-corrected chi connectivity index (χ1v) is 11.8. The van der Waals surface area contributed by atoms with Gasteiger partial charge in [0, 0.05) is 6.20 Å². The molecule has 0 atom stereocenters. The first-order chi connectivity index (χ1) is 15.1. The Labute approximate surface area is 185 Å². The molecule has 4 N–H and O–H groups in total. The number of hydrogen-bond donors (Lipinski definition) is 3. The fraction of sp³-hybridized carbons (Fsp3) is 0.176. The highest BCUT2D eigenvalue weighted by Gasteiger charge is 2.46. The van der Waals surface area contributed by atoms with E-state index in [-0.39, 0.29) is 23.7 Å². The number of aromatic hydroxyl groups is 1. The lowest BCUT2D eigenvalue weighted by Gasteiger charge is -2.09. The average molecular weight is 507 g/mol. The number of rotatable bonds is 6. The Morgan fingerprint density at radius 3 is 2.27 bits per heavy atom. The summed E-state index contributed by atoms with van der Waals surface area (Å²) in [5, 5.41) is 15.3. The predicted octanol–water partition coefficient (Wildman–Crippen LogP) is 1.01. The number of halogens is 3. The number of sulfone groups is 1. The Morgan fingerprint density at radius 1 is 1.12 bits per heavy atom. The van der Waals surface area contributed by atoms with Crippen LogP contribution < -0.4 is 15.6 Å². The SMILES string of the molecule is Cc1c(O)n(-c2ccc(S(=O)(=O)C(F)(F)F)cc2)c(=O)n1Cc1ccnc(NS(N)(=O)=O)c1. The molecule has 0 saturated carbocycles. The monoisotopic (exact) mass is 507 g/mol. The molecule has 33 heavy (non-hydrogen) atoms. The molecule has 1 aromatic carbocycles. The minimum Gasteiger partial charge on any atom is -0.493 e. The third-order valence-electron chi connectivity index (χ3n) is 4.48. The maximum Gasteiger partial charge on any atom is 0.501 e. The van der Waals surface area contributed by atoms with Crippen molar-refractivity contribution in [3.8, 4) is 11.6 Å². The largest absolute Gasteiger partial charge is 0.501 e. The summed E-state index contributed by atoms with van der Waals surface area (Å²) >= 11 is 0. The summed E-state index contributed by atoms with van der Waals surface area (Å²) in [7, 11) is -9.66. The van der Waals surface area contributed by atoms with E-state index in [2.05, 4.69) is 4.98 Å². The number of pyridine rings is 1. The molecule has 16 heteroatoms. The zero-order valence-electron chi connectivity index (χ0n) is 16.6. The summed E-state index contributed by atoms with van der Waals surface area (Å²) in [5.41, 5.74) is -5.86. The fourth-order valence-electron chi connectivity index (χ4n) is 2.92. The van der Waals surface area contributed by atoms with E-state index in [0.29, 0.717) is 17.7 Å². The van der Waals surface area contributed by atoms with Crippen molar-refractivity contribution in [2.24, 2.45) is 5.14 Å². The summed E-state index contributed by atoms with van der Waals surface area (Å²) < 4.78 is 87.4. The van der Waals surface area contributed by atoms with Crippen molar-refractivity contribution in [1.29, 1.82) is 0 Å². The predicted molar refractivity (Wildman–Crippen MR) is 110 cm³/mol. The van der Waals surface area contributed by atoms with Crippen molar-refractivity contribution in [3.63, 3.8) is 0 Å². The van der Waals surface area contributed by atoms with Gasteiger partial charge in [-0.25, -0.2) is 27.9 Å². The van der Waals surface area contributed by atoms with E-state index >= 15 is 0 Å². The number of nitrogens with two attached hydrogens (primary N) is 1. The number of nitrogens with one attached hydrogen (secondary N) is 1. The molecule has 3 rings (SSSR count). The standard InChI is InChI=1S/C17H16F3N5O6S2/c1-10-15(26)25(12-2-4-13(5-3-12)32(28,29)17(18,19)20)16(27)24(10)9-11-6-7-22-14(8-11)23-33(21,30)31/h2-8,26H,9H2,1H3,(H,22,23)(H2,21,30,31). The molecule has 0 unspecified atom stereocenters. The van der Waals surface area contributed by atoms with Gasteiger partial charge in [0.25, 0.3) is 20.0 Å². The van der Waals surface area contributed by atoms with Crippen LogP contribution in [0.2, 0.25) is 0 Å². The smallest absolute Gasteiger partial charge is 0.493 e. The minimum absolute atomic E-state index is 0.0771. The molecule has 0 aliphatic heterocycles. The van der Waals surface area contributed by atoms with Gasteiger partial charge < -0.3 is 5.11 Å². The number of imidazole rings is 1. The third kappa shape index (κ3) is 4.86. The Hall–Kier alpha value is -3.37. The highest BCUT2D eigenvalue weighted by atomic mass is 32.2. The second-order valence-electron chi connectivity index (χ2n) is 6.75. The molecular weight excluding hydrogens is 491 g/mol. The summed E-state index contributed by atoms with van der Waals surface area (Å²) in [5.74, 6) is -0.630. The van der Waals surface area contributed by atoms with Crippen molar-refractivity contribution < 1.29 is 35.1 Å². The molecule has 2 heterocycles. The Morgan fingerprint density at radius 2 is 1.73 bits per heavy atom. The number of nitrogens with zero attached hydrogens (tertiary/aromatic N) is 3. The van der Waals surface area contributed by atoms with Crippen molar-refractivity contribution in [2.45, 2.75) is 23.9 Å². The van der Waals surface area contributed by atoms with Gasteiger partial charge in [-0.05, 0) is 48.9 Å². The van der Waals surface area contributed by atoms with Gasteiger partial charge >= 0.3 is 11.2 Å². The lowest BCUT2D eigenvalue weighted by Crippen LogP contribution is -2.25. The Balaban J connectivity index is 1.99. The topological polar surface area (TPSA) is 166 Å². The number of aromatic nitrogens is 3. The molecule has 0 aliphatic carbocycles. The maximum atomic E-state index is 12.9. The molecule has 2 aromatic heterocycles. The van der Waals surface area contributed by atoms with E-state index < -0.39 is 42.0 Å². The van der Waals surface area contributed by atoms with Gasteiger partial charge in [-0.15, -0.1) is 0 Å². The van der Waals surface area contributed by atoms with Crippen LogP contribution in [0.5, 0.6) is 5.88 Å².